The molecule has 1 heterocycles. The molecule has 0 aliphatic carbocycles. The van der Waals surface area contributed by atoms with Crippen LogP contribution in [0.2, 0.25) is 0 Å². The Morgan fingerprint density at radius 1 is 1.19 bits per heavy atom. The van der Waals surface area contributed by atoms with E-state index in [1.165, 1.54) is 23.9 Å². The first kappa shape index (κ1) is 18.7. The van der Waals surface area contributed by atoms with Gasteiger partial charge < -0.3 is 10.2 Å². The normalized spacial score (nSPS) is 16.6. The number of nitrogens with zero attached hydrogens (tertiary/aromatic N) is 3. The number of hydrogen-bond donors (Lipinski definition) is 1. The highest BCUT2D eigenvalue weighted by molar-refractivity contribution is 8.18. The molecule has 3 rings (SSSR count). The van der Waals surface area contributed by atoms with E-state index in [4.69, 9.17) is 0 Å². The van der Waals surface area contributed by atoms with Crippen molar-refractivity contribution >= 4 is 46.0 Å². The van der Waals surface area contributed by atoms with E-state index < -0.39 is 4.92 Å². The zero-order valence-corrected chi connectivity index (χ0v) is 15.9. The molecular formula is C19H18N4O3S. The third-order valence-electron chi connectivity index (χ3n) is 3.97. The van der Waals surface area contributed by atoms with Crippen molar-refractivity contribution < 1.29 is 9.72 Å². The maximum atomic E-state index is 12.2. The second kappa shape index (κ2) is 7.63. The third kappa shape index (κ3) is 4.35. The van der Waals surface area contributed by atoms with Crippen molar-refractivity contribution in [3.63, 3.8) is 0 Å². The number of amidine groups is 1. The van der Waals surface area contributed by atoms with Crippen molar-refractivity contribution in [2.45, 2.75) is 6.92 Å². The number of aryl methyl sites for hydroxylation is 1. The maximum absolute atomic E-state index is 12.2. The van der Waals surface area contributed by atoms with Crippen LogP contribution in [0.4, 0.5) is 17.1 Å². The lowest BCUT2D eigenvalue weighted by Crippen LogP contribution is -2.19. The summed E-state index contributed by atoms with van der Waals surface area (Å²) in [6.07, 6.45) is 1.81. The number of nitrogens with one attached hydrogen (secondary N) is 1. The minimum Gasteiger partial charge on any atom is -0.378 e. The summed E-state index contributed by atoms with van der Waals surface area (Å²) in [5.41, 5.74) is 3.27. The van der Waals surface area contributed by atoms with Gasteiger partial charge in [0.2, 0.25) is 0 Å². The highest BCUT2D eigenvalue weighted by Gasteiger charge is 2.24. The Balaban J connectivity index is 1.80. The molecule has 8 heteroatoms. The Hall–Kier alpha value is -3.13. The molecule has 2 aromatic carbocycles. The van der Waals surface area contributed by atoms with Gasteiger partial charge in [-0.2, -0.15) is 0 Å². The van der Waals surface area contributed by atoms with Crippen LogP contribution < -0.4 is 10.2 Å². The molecule has 1 N–H and O–H groups in total. The number of benzene rings is 2. The summed E-state index contributed by atoms with van der Waals surface area (Å²) >= 11 is 1.24. The van der Waals surface area contributed by atoms with E-state index in [1.807, 2.05) is 49.3 Å². The van der Waals surface area contributed by atoms with Gasteiger partial charge in [0.15, 0.2) is 5.17 Å². The molecule has 0 unspecified atom stereocenters. The first-order valence-corrected chi connectivity index (χ1v) is 8.97. The second-order valence-electron chi connectivity index (χ2n) is 6.20. The maximum Gasteiger partial charge on any atom is 0.269 e. The van der Waals surface area contributed by atoms with E-state index in [2.05, 4.69) is 10.3 Å². The smallest absolute Gasteiger partial charge is 0.269 e. The minimum atomic E-state index is -0.446. The molecule has 0 atom stereocenters. The number of hydrogen-bond acceptors (Lipinski definition) is 6. The minimum absolute atomic E-state index is 0.0151. The number of non-ortho nitro benzene ring substituents is 1. The average molecular weight is 382 g/mol. The Kier molecular flexibility index (Phi) is 5.27. The Morgan fingerprint density at radius 3 is 2.48 bits per heavy atom. The van der Waals surface area contributed by atoms with Crippen LogP contribution in [0.3, 0.4) is 0 Å². The van der Waals surface area contributed by atoms with Crippen LogP contribution in [-0.2, 0) is 4.79 Å². The number of aliphatic imine (C=N–C) groups is 1. The number of carbonyl (C=O) groups is 1. The molecule has 0 spiro atoms. The molecule has 2 aromatic rings. The van der Waals surface area contributed by atoms with Crippen LogP contribution in [0, 0.1) is 17.0 Å². The largest absolute Gasteiger partial charge is 0.378 e. The van der Waals surface area contributed by atoms with E-state index in [0.717, 1.165) is 11.3 Å². The summed E-state index contributed by atoms with van der Waals surface area (Å²) in [6.45, 7) is 1.75. The number of thioether (sulfide) groups is 1. The van der Waals surface area contributed by atoms with Gasteiger partial charge in [-0.3, -0.25) is 14.9 Å². The molecule has 138 valence electrons. The van der Waals surface area contributed by atoms with Crippen molar-refractivity contribution in [1.29, 1.82) is 0 Å². The van der Waals surface area contributed by atoms with Crippen LogP contribution in [-0.4, -0.2) is 30.1 Å². The molecule has 1 fully saturated rings. The molecule has 0 aromatic heterocycles. The van der Waals surface area contributed by atoms with Gasteiger partial charge in [0.1, 0.15) is 0 Å². The number of nitro benzene ring substituents is 1. The van der Waals surface area contributed by atoms with Crippen LogP contribution in [0.1, 0.15) is 11.1 Å². The molecule has 0 radical (unpaired) electrons. The fourth-order valence-corrected chi connectivity index (χ4v) is 3.32. The Labute approximate surface area is 160 Å². The lowest BCUT2D eigenvalue weighted by atomic mass is 10.2. The first-order valence-electron chi connectivity index (χ1n) is 8.15. The fourth-order valence-electron chi connectivity index (χ4n) is 2.49. The number of rotatable bonds is 4. The molecule has 0 bridgehead atoms. The third-order valence-corrected chi connectivity index (χ3v) is 4.88. The van der Waals surface area contributed by atoms with E-state index >= 15 is 0 Å². The SMILES string of the molecule is Cc1cc([N+](=O)[O-])ccc1N=C1NC(=O)/C(=C/c2ccc(N(C)C)cc2)S1. The molecular weight excluding hydrogens is 364 g/mol. The van der Waals surface area contributed by atoms with E-state index in [-0.39, 0.29) is 11.6 Å². The van der Waals surface area contributed by atoms with Crippen molar-refractivity contribution in [3.05, 3.63) is 68.6 Å². The quantitative estimate of drug-likeness (QED) is 0.493. The predicted molar refractivity (Wildman–Crippen MR) is 109 cm³/mol. The van der Waals surface area contributed by atoms with Gasteiger partial charge in [-0.25, -0.2) is 4.99 Å². The first-order chi connectivity index (χ1) is 12.8. The predicted octanol–water partition coefficient (Wildman–Crippen LogP) is 3.86. The summed E-state index contributed by atoms with van der Waals surface area (Å²) in [5, 5.41) is 14.0. The molecule has 1 aliphatic rings. The van der Waals surface area contributed by atoms with Crippen LogP contribution in [0.5, 0.6) is 0 Å². The summed E-state index contributed by atoms with van der Waals surface area (Å²) in [5.74, 6) is -0.213. The zero-order valence-electron chi connectivity index (χ0n) is 15.1. The summed E-state index contributed by atoms with van der Waals surface area (Å²) in [7, 11) is 3.94. The fraction of sp³-hybridized carbons (Fsp3) is 0.158. The van der Waals surface area contributed by atoms with Gasteiger partial charge in [0.25, 0.3) is 11.6 Å². The zero-order chi connectivity index (χ0) is 19.6. The van der Waals surface area contributed by atoms with Gasteiger partial charge in [0.05, 0.1) is 15.5 Å². The van der Waals surface area contributed by atoms with E-state index in [9.17, 15) is 14.9 Å². The number of nitro groups is 1. The average Bonchev–Trinajstić information content (AvgIpc) is 2.96. The number of amides is 1. The lowest BCUT2D eigenvalue weighted by molar-refractivity contribution is -0.384. The summed E-state index contributed by atoms with van der Waals surface area (Å²) < 4.78 is 0. The Morgan fingerprint density at radius 2 is 1.89 bits per heavy atom. The molecule has 27 heavy (non-hydrogen) atoms. The molecule has 0 saturated carbocycles. The van der Waals surface area contributed by atoms with Crippen LogP contribution >= 0.6 is 11.8 Å². The van der Waals surface area contributed by atoms with Gasteiger partial charge >= 0.3 is 0 Å². The monoisotopic (exact) mass is 382 g/mol. The highest BCUT2D eigenvalue weighted by atomic mass is 32.2. The van der Waals surface area contributed by atoms with Gasteiger partial charge in [-0.05, 0) is 54.1 Å². The van der Waals surface area contributed by atoms with Crippen molar-refractivity contribution in [2.75, 3.05) is 19.0 Å². The standard InChI is InChI=1S/C19H18N4O3S/c1-12-10-15(23(25)26)8-9-16(12)20-19-21-18(24)17(27-19)11-13-4-6-14(7-5-13)22(2)3/h4-11H,1-3H3,(H,20,21,24)/b17-11-. The van der Waals surface area contributed by atoms with Crippen molar-refractivity contribution in [1.82, 2.24) is 5.32 Å². The molecule has 1 saturated heterocycles. The van der Waals surface area contributed by atoms with Gasteiger partial charge in [0, 0.05) is 31.9 Å². The van der Waals surface area contributed by atoms with Crippen molar-refractivity contribution in [2.24, 2.45) is 4.99 Å². The van der Waals surface area contributed by atoms with Gasteiger partial charge in [-0.1, -0.05) is 12.1 Å². The molecule has 1 aliphatic heterocycles. The van der Waals surface area contributed by atoms with Gasteiger partial charge in [-0.15, -0.1) is 0 Å². The second-order valence-corrected chi connectivity index (χ2v) is 7.23. The lowest BCUT2D eigenvalue weighted by Gasteiger charge is -2.11. The number of carbonyl (C=O) groups excluding carboxylic acids is 1. The van der Waals surface area contributed by atoms with Crippen molar-refractivity contribution in [3.8, 4) is 0 Å². The summed E-state index contributed by atoms with van der Waals surface area (Å²) in [4.78, 5) is 29.6. The molecule has 1 amide bonds. The number of anilines is 1. The van der Waals surface area contributed by atoms with E-state index in [1.54, 1.807) is 13.0 Å². The topological polar surface area (TPSA) is 87.8 Å². The summed E-state index contributed by atoms with van der Waals surface area (Å²) in [6, 6.07) is 12.3. The Bertz CT molecular complexity index is 965. The van der Waals surface area contributed by atoms with Crippen LogP contribution in [0.15, 0.2) is 52.4 Å². The highest BCUT2D eigenvalue weighted by Crippen LogP contribution is 2.30. The van der Waals surface area contributed by atoms with Crippen LogP contribution in [0.25, 0.3) is 6.08 Å². The van der Waals surface area contributed by atoms with E-state index in [0.29, 0.717) is 21.3 Å². The molecule has 7 nitrogen and oxygen atoms in total.